The number of rotatable bonds is 7. The van der Waals surface area contributed by atoms with Crippen LogP contribution in [0, 0.1) is 5.92 Å². The predicted molar refractivity (Wildman–Crippen MR) is 82.8 cm³/mol. The van der Waals surface area contributed by atoms with Gasteiger partial charge in [0.25, 0.3) is 0 Å². The summed E-state index contributed by atoms with van der Waals surface area (Å²) in [5, 5.41) is 3.19. The van der Waals surface area contributed by atoms with E-state index in [1.54, 1.807) is 21.3 Å². The van der Waals surface area contributed by atoms with Crippen molar-refractivity contribution >= 4 is 6.08 Å². The van der Waals surface area contributed by atoms with Crippen molar-refractivity contribution in [2.75, 3.05) is 34.9 Å². The molecule has 112 valence electrons. The molecular weight excluding hydrogens is 254 g/mol. The van der Waals surface area contributed by atoms with E-state index in [4.69, 9.17) is 14.2 Å². The van der Waals surface area contributed by atoms with Crippen molar-refractivity contribution in [3.63, 3.8) is 0 Å². The number of likely N-dealkylation sites (N-methyl/N-ethyl adjacent to an activating group) is 1. The largest absolute Gasteiger partial charge is 0.493 e. The summed E-state index contributed by atoms with van der Waals surface area (Å²) >= 11 is 0. The fourth-order valence-corrected chi connectivity index (χ4v) is 2.02. The lowest BCUT2D eigenvalue weighted by atomic mass is 10.00. The van der Waals surface area contributed by atoms with Crippen molar-refractivity contribution < 1.29 is 14.2 Å². The van der Waals surface area contributed by atoms with Gasteiger partial charge in [0.2, 0.25) is 5.75 Å². The highest BCUT2D eigenvalue weighted by molar-refractivity contribution is 5.63. The maximum Gasteiger partial charge on any atom is 0.203 e. The molecular formula is C16H25NO3. The molecule has 0 radical (unpaired) electrons. The maximum atomic E-state index is 5.37. The Kier molecular flexibility index (Phi) is 6.39. The van der Waals surface area contributed by atoms with E-state index in [0.29, 0.717) is 23.2 Å². The summed E-state index contributed by atoms with van der Waals surface area (Å²) in [5.41, 5.74) is 2.36. The van der Waals surface area contributed by atoms with E-state index in [-0.39, 0.29) is 0 Å². The third-order valence-electron chi connectivity index (χ3n) is 3.16. The lowest BCUT2D eigenvalue weighted by Crippen LogP contribution is -2.13. The fraction of sp³-hybridized carbons (Fsp3) is 0.500. The Morgan fingerprint density at radius 2 is 1.65 bits per heavy atom. The number of benzene rings is 1. The number of ether oxygens (including phenoxy) is 3. The molecule has 0 heterocycles. The molecule has 0 aliphatic rings. The summed E-state index contributed by atoms with van der Waals surface area (Å²) in [5.74, 6) is 2.43. The molecule has 0 fully saturated rings. The van der Waals surface area contributed by atoms with Gasteiger partial charge in [-0.2, -0.15) is 0 Å². The highest BCUT2D eigenvalue weighted by atomic mass is 16.5. The Morgan fingerprint density at radius 3 is 2.00 bits per heavy atom. The maximum absolute atomic E-state index is 5.37. The second-order valence-electron chi connectivity index (χ2n) is 4.86. The molecule has 0 aromatic heterocycles. The van der Waals surface area contributed by atoms with Crippen LogP contribution >= 0.6 is 0 Å². The average Bonchev–Trinajstić information content (AvgIpc) is 2.45. The number of nitrogens with one attached hydrogen (secondary N) is 1. The van der Waals surface area contributed by atoms with Crippen molar-refractivity contribution in [3.05, 3.63) is 23.3 Å². The average molecular weight is 279 g/mol. The van der Waals surface area contributed by atoms with Crippen LogP contribution in [0.2, 0.25) is 0 Å². The molecule has 1 N–H and O–H groups in total. The fourth-order valence-electron chi connectivity index (χ4n) is 2.02. The van der Waals surface area contributed by atoms with Crippen molar-refractivity contribution in [2.24, 2.45) is 5.92 Å². The lowest BCUT2D eigenvalue weighted by molar-refractivity contribution is 0.324. The SMILES string of the molecule is CNCC(=Cc1cc(OC)c(OC)c(OC)c1)C(C)C. The summed E-state index contributed by atoms with van der Waals surface area (Å²) in [6.45, 7) is 5.22. The van der Waals surface area contributed by atoms with Gasteiger partial charge in [0.15, 0.2) is 11.5 Å². The summed E-state index contributed by atoms with van der Waals surface area (Å²) in [7, 11) is 6.81. The van der Waals surface area contributed by atoms with Crippen molar-refractivity contribution in [2.45, 2.75) is 13.8 Å². The van der Waals surface area contributed by atoms with Gasteiger partial charge in [-0.1, -0.05) is 25.5 Å². The van der Waals surface area contributed by atoms with Crippen LogP contribution in [-0.4, -0.2) is 34.9 Å². The molecule has 1 rings (SSSR count). The molecule has 0 amide bonds. The van der Waals surface area contributed by atoms with Gasteiger partial charge in [-0.3, -0.25) is 0 Å². The molecule has 0 atom stereocenters. The van der Waals surface area contributed by atoms with Crippen LogP contribution in [-0.2, 0) is 0 Å². The van der Waals surface area contributed by atoms with Crippen LogP contribution in [0.5, 0.6) is 17.2 Å². The van der Waals surface area contributed by atoms with E-state index in [0.717, 1.165) is 12.1 Å². The molecule has 0 saturated heterocycles. The van der Waals surface area contributed by atoms with E-state index in [1.165, 1.54) is 5.57 Å². The van der Waals surface area contributed by atoms with Gasteiger partial charge in [0, 0.05) is 6.54 Å². The Balaban J connectivity index is 3.28. The molecule has 0 aliphatic carbocycles. The summed E-state index contributed by atoms with van der Waals surface area (Å²) in [6.07, 6.45) is 2.16. The minimum atomic E-state index is 0.474. The molecule has 4 heteroatoms. The summed E-state index contributed by atoms with van der Waals surface area (Å²) < 4.78 is 16.1. The van der Waals surface area contributed by atoms with Gasteiger partial charge in [-0.15, -0.1) is 0 Å². The van der Waals surface area contributed by atoms with Gasteiger partial charge in [-0.05, 0) is 30.7 Å². The zero-order valence-corrected chi connectivity index (χ0v) is 13.2. The van der Waals surface area contributed by atoms with Crippen LogP contribution in [0.3, 0.4) is 0 Å². The van der Waals surface area contributed by atoms with Crippen LogP contribution in [0.4, 0.5) is 0 Å². The molecule has 0 unspecified atom stereocenters. The molecule has 4 nitrogen and oxygen atoms in total. The quantitative estimate of drug-likeness (QED) is 0.833. The standard InChI is InChI=1S/C16H25NO3/c1-11(2)13(10-17-3)7-12-8-14(18-4)16(20-6)15(9-12)19-5/h7-9,11,17H,10H2,1-6H3. The van der Waals surface area contributed by atoms with Crippen LogP contribution in [0.25, 0.3) is 6.08 Å². The van der Waals surface area contributed by atoms with Gasteiger partial charge < -0.3 is 19.5 Å². The molecule has 1 aromatic carbocycles. The first-order valence-corrected chi connectivity index (χ1v) is 6.72. The monoisotopic (exact) mass is 279 g/mol. The smallest absolute Gasteiger partial charge is 0.203 e. The third kappa shape index (κ3) is 3.90. The zero-order chi connectivity index (χ0) is 15.1. The highest BCUT2D eigenvalue weighted by Crippen LogP contribution is 2.38. The lowest BCUT2D eigenvalue weighted by Gasteiger charge is -2.15. The molecule has 1 aromatic rings. The van der Waals surface area contributed by atoms with Crippen molar-refractivity contribution in [1.82, 2.24) is 5.32 Å². The molecule has 20 heavy (non-hydrogen) atoms. The highest BCUT2D eigenvalue weighted by Gasteiger charge is 2.13. The first kappa shape index (κ1) is 16.4. The first-order valence-electron chi connectivity index (χ1n) is 6.72. The molecule has 0 spiro atoms. The minimum Gasteiger partial charge on any atom is -0.493 e. The van der Waals surface area contributed by atoms with Gasteiger partial charge in [0.1, 0.15) is 0 Å². The second kappa shape index (κ2) is 7.80. The van der Waals surface area contributed by atoms with E-state index >= 15 is 0 Å². The topological polar surface area (TPSA) is 39.7 Å². The zero-order valence-electron chi connectivity index (χ0n) is 13.2. The Labute approximate surface area is 121 Å². The second-order valence-corrected chi connectivity index (χ2v) is 4.86. The van der Waals surface area contributed by atoms with E-state index in [1.807, 2.05) is 19.2 Å². The van der Waals surface area contributed by atoms with Gasteiger partial charge in [0.05, 0.1) is 21.3 Å². The predicted octanol–water partition coefficient (Wildman–Crippen LogP) is 2.97. The van der Waals surface area contributed by atoms with E-state index < -0.39 is 0 Å². The first-order chi connectivity index (χ1) is 9.57. The van der Waals surface area contributed by atoms with E-state index in [9.17, 15) is 0 Å². The van der Waals surface area contributed by atoms with Crippen molar-refractivity contribution in [1.29, 1.82) is 0 Å². The third-order valence-corrected chi connectivity index (χ3v) is 3.16. The number of hydrogen-bond donors (Lipinski definition) is 1. The van der Waals surface area contributed by atoms with Gasteiger partial charge in [-0.25, -0.2) is 0 Å². The molecule has 0 saturated carbocycles. The van der Waals surface area contributed by atoms with Crippen LogP contribution in [0.1, 0.15) is 19.4 Å². The van der Waals surface area contributed by atoms with E-state index in [2.05, 4.69) is 25.2 Å². The minimum absolute atomic E-state index is 0.474. The normalized spacial score (nSPS) is 11.7. The van der Waals surface area contributed by atoms with Crippen molar-refractivity contribution in [3.8, 4) is 17.2 Å². The summed E-state index contributed by atoms with van der Waals surface area (Å²) in [4.78, 5) is 0. The Hall–Kier alpha value is -1.68. The summed E-state index contributed by atoms with van der Waals surface area (Å²) in [6, 6.07) is 3.92. The Bertz CT molecular complexity index is 442. The number of methoxy groups -OCH3 is 3. The van der Waals surface area contributed by atoms with Crippen LogP contribution in [0.15, 0.2) is 17.7 Å². The van der Waals surface area contributed by atoms with Gasteiger partial charge >= 0.3 is 0 Å². The molecule has 0 aliphatic heterocycles. The number of hydrogen-bond acceptors (Lipinski definition) is 4. The molecule has 0 bridgehead atoms. The van der Waals surface area contributed by atoms with Crippen LogP contribution < -0.4 is 19.5 Å². The Morgan fingerprint density at radius 1 is 1.10 bits per heavy atom.